The van der Waals surface area contributed by atoms with Crippen molar-refractivity contribution in [2.24, 2.45) is 5.11 Å². The monoisotopic (exact) mass is 190 g/mol. The summed E-state index contributed by atoms with van der Waals surface area (Å²) in [6.07, 6.45) is 0. The van der Waals surface area contributed by atoms with Gasteiger partial charge in [0.15, 0.2) is 0 Å². The minimum absolute atomic E-state index is 0.152. The van der Waals surface area contributed by atoms with Crippen molar-refractivity contribution in [3.05, 3.63) is 39.8 Å². The Hall–Kier alpha value is -2.00. The number of amides is 1. The van der Waals surface area contributed by atoms with E-state index in [1.807, 2.05) is 0 Å². The average Bonchev–Trinajstić information content (AvgIpc) is 2.20. The summed E-state index contributed by atoms with van der Waals surface area (Å²) in [7, 11) is 1.57. The van der Waals surface area contributed by atoms with E-state index in [0.29, 0.717) is 11.3 Å². The number of nitrogens with one attached hydrogen (secondary N) is 1. The fraction of sp³-hybridized carbons (Fsp3) is 0.222. The molecule has 72 valence electrons. The Bertz CT molecular complexity index is 407. The van der Waals surface area contributed by atoms with Crippen LogP contribution in [-0.2, 0) is 0 Å². The normalized spacial score (nSPS) is 9.00. The molecule has 0 fully saturated rings. The van der Waals surface area contributed by atoms with Gasteiger partial charge in [-0.1, -0.05) is 11.2 Å². The van der Waals surface area contributed by atoms with Crippen molar-refractivity contribution in [1.82, 2.24) is 5.32 Å². The topological polar surface area (TPSA) is 77.9 Å². The molecule has 5 nitrogen and oxygen atoms in total. The maximum Gasteiger partial charge on any atom is 0.251 e. The fourth-order valence-corrected chi connectivity index (χ4v) is 1.10. The van der Waals surface area contributed by atoms with Crippen LogP contribution in [0.5, 0.6) is 0 Å². The van der Waals surface area contributed by atoms with E-state index in [1.165, 1.54) is 0 Å². The van der Waals surface area contributed by atoms with E-state index in [1.54, 1.807) is 32.2 Å². The van der Waals surface area contributed by atoms with Gasteiger partial charge in [0, 0.05) is 23.2 Å². The quantitative estimate of drug-likeness (QED) is 0.433. The molecule has 0 saturated heterocycles. The molecular weight excluding hydrogens is 180 g/mol. The first kappa shape index (κ1) is 10.1. The van der Waals surface area contributed by atoms with Crippen LogP contribution in [0, 0.1) is 6.92 Å². The Kier molecular flexibility index (Phi) is 3.09. The molecule has 5 heteroatoms. The number of hydrogen-bond donors (Lipinski definition) is 1. The molecule has 1 aromatic rings. The van der Waals surface area contributed by atoms with E-state index in [-0.39, 0.29) is 5.91 Å². The zero-order valence-corrected chi connectivity index (χ0v) is 7.98. The van der Waals surface area contributed by atoms with E-state index in [4.69, 9.17) is 5.53 Å². The van der Waals surface area contributed by atoms with Crippen LogP contribution >= 0.6 is 0 Å². The van der Waals surface area contributed by atoms with Gasteiger partial charge in [-0.2, -0.15) is 0 Å². The molecule has 0 bridgehead atoms. The molecule has 14 heavy (non-hydrogen) atoms. The smallest absolute Gasteiger partial charge is 0.251 e. The zero-order chi connectivity index (χ0) is 10.6. The van der Waals surface area contributed by atoms with Gasteiger partial charge in [0.2, 0.25) is 0 Å². The lowest BCUT2D eigenvalue weighted by atomic mass is 10.1. The molecule has 1 amide bonds. The third-order valence-corrected chi connectivity index (χ3v) is 1.84. The van der Waals surface area contributed by atoms with Crippen LogP contribution < -0.4 is 5.32 Å². The van der Waals surface area contributed by atoms with Crippen LogP contribution in [0.2, 0.25) is 0 Å². The summed E-state index contributed by atoms with van der Waals surface area (Å²) in [5, 5.41) is 6.00. The number of aryl methyl sites for hydroxylation is 1. The summed E-state index contributed by atoms with van der Waals surface area (Å²) in [5.41, 5.74) is 10.1. The number of hydrogen-bond acceptors (Lipinski definition) is 2. The largest absolute Gasteiger partial charge is 0.355 e. The maximum absolute atomic E-state index is 11.2. The van der Waals surface area contributed by atoms with Gasteiger partial charge in [-0.05, 0) is 30.2 Å². The standard InChI is InChI=1S/C9H10N4O/c1-6-5-7(9(14)11-2)3-4-8(6)12-13-10/h3-5H,1-2H3,(H,11,14). The summed E-state index contributed by atoms with van der Waals surface area (Å²) in [4.78, 5) is 13.9. The fourth-order valence-electron chi connectivity index (χ4n) is 1.10. The summed E-state index contributed by atoms with van der Waals surface area (Å²) < 4.78 is 0. The van der Waals surface area contributed by atoms with Crippen LogP contribution in [0.3, 0.4) is 0 Å². The molecule has 0 radical (unpaired) electrons. The second-order valence-corrected chi connectivity index (χ2v) is 2.77. The number of carbonyl (C=O) groups excluding carboxylic acids is 1. The number of azide groups is 1. The summed E-state index contributed by atoms with van der Waals surface area (Å²) in [5.74, 6) is -0.152. The Morgan fingerprint density at radius 2 is 2.29 bits per heavy atom. The van der Waals surface area contributed by atoms with Gasteiger partial charge >= 0.3 is 0 Å². The molecule has 1 rings (SSSR count). The number of rotatable bonds is 2. The molecule has 0 saturated carbocycles. The maximum atomic E-state index is 11.2. The average molecular weight is 190 g/mol. The second-order valence-electron chi connectivity index (χ2n) is 2.77. The predicted octanol–water partition coefficient (Wildman–Crippen LogP) is 2.30. The molecule has 0 atom stereocenters. The van der Waals surface area contributed by atoms with Crippen LogP contribution in [0.15, 0.2) is 23.3 Å². The lowest BCUT2D eigenvalue weighted by molar-refractivity contribution is 0.0963. The number of benzene rings is 1. The lowest BCUT2D eigenvalue weighted by Gasteiger charge is -2.02. The Morgan fingerprint density at radius 1 is 1.57 bits per heavy atom. The van der Waals surface area contributed by atoms with E-state index < -0.39 is 0 Å². The first-order chi connectivity index (χ1) is 6.69. The van der Waals surface area contributed by atoms with Crippen molar-refractivity contribution >= 4 is 11.6 Å². The molecule has 0 aromatic heterocycles. The van der Waals surface area contributed by atoms with Crippen LogP contribution in [-0.4, -0.2) is 13.0 Å². The van der Waals surface area contributed by atoms with E-state index in [9.17, 15) is 4.79 Å². The minimum Gasteiger partial charge on any atom is -0.355 e. The van der Waals surface area contributed by atoms with Gasteiger partial charge in [0.25, 0.3) is 5.91 Å². The molecule has 1 aromatic carbocycles. The summed E-state index contributed by atoms with van der Waals surface area (Å²) >= 11 is 0. The van der Waals surface area contributed by atoms with Gasteiger partial charge in [-0.15, -0.1) is 0 Å². The molecule has 1 N–H and O–H groups in total. The lowest BCUT2D eigenvalue weighted by Crippen LogP contribution is -2.17. The van der Waals surface area contributed by atoms with Gasteiger partial charge in [0.1, 0.15) is 0 Å². The van der Waals surface area contributed by atoms with Crippen molar-refractivity contribution in [3.8, 4) is 0 Å². The Balaban J connectivity index is 3.12. The van der Waals surface area contributed by atoms with E-state index in [0.717, 1.165) is 5.56 Å². The van der Waals surface area contributed by atoms with Crippen molar-refractivity contribution in [2.75, 3.05) is 7.05 Å². The van der Waals surface area contributed by atoms with Crippen LogP contribution in [0.1, 0.15) is 15.9 Å². The number of nitrogens with zero attached hydrogens (tertiary/aromatic N) is 3. The van der Waals surface area contributed by atoms with Crippen LogP contribution in [0.25, 0.3) is 10.4 Å². The third kappa shape index (κ3) is 2.02. The SMILES string of the molecule is CNC(=O)c1ccc(N=[N+]=[N-])c(C)c1. The van der Waals surface area contributed by atoms with Gasteiger partial charge < -0.3 is 5.32 Å². The molecule has 0 aliphatic carbocycles. The Morgan fingerprint density at radius 3 is 2.79 bits per heavy atom. The highest BCUT2D eigenvalue weighted by Crippen LogP contribution is 2.19. The van der Waals surface area contributed by atoms with Gasteiger partial charge in [0.05, 0.1) is 0 Å². The van der Waals surface area contributed by atoms with Crippen molar-refractivity contribution < 1.29 is 4.79 Å². The first-order valence-electron chi connectivity index (χ1n) is 4.07. The minimum atomic E-state index is -0.152. The van der Waals surface area contributed by atoms with Crippen molar-refractivity contribution in [1.29, 1.82) is 0 Å². The first-order valence-corrected chi connectivity index (χ1v) is 4.07. The van der Waals surface area contributed by atoms with Gasteiger partial charge in [-0.3, -0.25) is 4.79 Å². The predicted molar refractivity (Wildman–Crippen MR) is 53.4 cm³/mol. The van der Waals surface area contributed by atoms with Crippen molar-refractivity contribution in [2.45, 2.75) is 6.92 Å². The van der Waals surface area contributed by atoms with E-state index in [2.05, 4.69) is 15.3 Å². The molecule has 0 aliphatic heterocycles. The Labute approximate surface area is 81.4 Å². The highest BCUT2D eigenvalue weighted by Gasteiger charge is 2.04. The highest BCUT2D eigenvalue weighted by molar-refractivity contribution is 5.94. The summed E-state index contributed by atoms with van der Waals surface area (Å²) in [6.45, 7) is 1.79. The third-order valence-electron chi connectivity index (χ3n) is 1.84. The number of carbonyl (C=O) groups is 1. The highest BCUT2D eigenvalue weighted by atomic mass is 16.1. The van der Waals surface area contributed by atoms with Crippen LogP contribution in [0.4, 0.5) is 5.69 Å². The molecule has 0 aliphatic rings. The molecule has 0 unspecified atom stereocenters. The van der Waals surface area contributed by atoms with Crippen molar-refractivity contribution in [3.63, 3.8) is 0 Å². The zero-order valence-electron chi connectivity index (χ0n) is 7.98. The van der Waals surface area contributed by atoms with E-state index >= 15 is 0 Å². The molecule has 0 spiro atoms. The molecular formula is C9H10N4O. The molecule has 0 heterocycles. The second kappa shape index (κ2) is 4.30. The summed E-state index contributed by atoms with van der Waals surface area (Å²) in [6, 6.07) is 4.93. The van der Waals surface area contributed by atoms with Gasteiger partial charge in [-0.25, -0.2) is 0 Å².